The Morgan fingerprint density at radius 2 is 2.00 bits per heavy atom. The molecular formula is C21H27ClN4O. The fraction of sp³-hybridized carbons (Fsp3) is 0.429. The average Bonchev–Trinajstić information content (AvgIpc) is 2.69. The molecule has 1 saturated heterocycles. The van der Waals surface area contributed by atoms with Crippen molar-refractivity contribution >= 4 is 29.0 Å². The molecular weight excluding hydrogens is 360 g/mol. The van der Waals surface area contributed by atoms with E-state index in [2.05, 4.69) is 27.4 Å². The third-order valence-corrected chi connectivity index (χ3v) is 5.19. The topological polar surface area (TPSA) is 57.3 Å². The minimum absolute atomic E-state index is 0.175. The highest BCUT2D eigenvalue weighted by Crippen LogP contribution is 2.21. The maximum atomic E-state index is 12.7. The van der Waals surface area contributed by atoms with Crippen LogP contribution in [-0.2, 0) is 0 Å². The lowest BCUT2D eigenvalue weighted by Gasteiger charge is -2.32. The van der Waals surface area contributed by atoms with Crippen LogP contribution >= 0.6 is 11.6 Å². The van der Waals surface area contributed by atoms with Gasteiger partial charge in [0, 0.05) is 18.4 Å². The number of aromatic nitrogens is 1. The third kappa shape index (κ3) is 5.68. The van der Waals surface area contributed by atoms with Crippen LogP contribution in [0.25, 0.3) is 0 Å². The molecule has 0 radical (unpaired) electrons. The molecule has 1 fully saturated rings. The third-order valence-electron chi connectivity index (χ3n) is 4.97. The quantitative estimate of drug-likeness (QED) is 0.734. The van der Waals surface area contributed by atoms with Crippen molar-refractivity contribution in [3.05, 3.63) is 53.2 Å². The van der Waals surface area contributed by atoms with Gasteiger partial charge >= 0.3 is 0 Å². The van der Waals surface area contributed by atoms with Crippen molar-refractivity contribution in [3.63, 3.8) is 0 Å². The number of likely N-dealkylation sites (tertiary alicyclic amines) is 1. The molecule has 1 aliphatic heterocycles. The SMILES string of the molecule is CCCN1CCC(CNc2ccccc2C(=O)Nc2ccc(Cl)cn2)CC1. The molecule has 6 heteroatoms. The number of nitrogens with zero attached hydrogens (tertiary/aromatic N) is 2. The van der Waals surface area contributed by atoms with Crippen LogP contribution < -0.4 is 10.6 Å². The van der Waals surface area contributed by atoms with Crippen molar-refractivity contribution < 1.29 is 4.79 Å². The van der Waals surface area contributed by atoms with Crippen LogP contribution in [0, 0.1) is 5.92 Å². The molecule has 0 aliphatic carbocycles. The molecule has 0 spiro atoms. The molecule has 0 atom stereocenters. The number of halogens is 1. The highest BCUT2D eigenvalue weighted by molar-refractivity contribution is 6.30. The van der Waals surface area contributed by atoms with Gasteiger partial charge in [-0.3, -0.25) is 4.79 Å². The summed E-state index contributed by atoms with van der Waals surface area (Å²) in [6.45, 7) is 6.66. The van der Waals surface area contributed by atoms with E-state index >= 15 is 0 Å². The fourth-order valence-electron chi connectivity index (χ4n) is 3.45. The zero-order valence-electron chi connectivity index (χ0n) is 15.7. The second kappa shape index (κ2) is 9.72. The summed E-state index contributed by atoms with van der Waals surface area (Å²) < 4.78 is 0. The Hall–Kier alpha value is -2.11. The van der Waals surface area contributed by atoms with Crippen molar-refractivity contribution in [2.75, 3.05) is 36.8 Å². The van der Waals surface area contributed by atoms with E-state index in [9.17, 15) is 4.79 Å². The van der Waals surface area contributed by atoms with Crippen molar-refractivity contribution in [2.45, 2.75) is 26.2 Å². The maximum Gasteiger partial charge on any atom is 0.258 e. The maximum absolute atomic E-state index is 12.7. The average molecular weight is 387 g/mol. The van der Waals surface area contributed by atoms with Gasteiger partial charge in [-0.15, -0.1) is 0 Å². The molecule has 1 aliphatic rings. The second-order valence-electron chi connectivity index (χ2n) is 7.03. The Kier molecular flexibility index (Phi) is 7.07. The monoisotopic (exact) mass is 386 g/mol. The number of nitrogens with one attached hydrogen (secondary N) is 2. The van der Waals surface area contributed by atoms with Crippen molar-refractivity contribution in [1.29, 1.82) is 0 Å². The largest absolute Gasteiger partial charge is 0.384 e. The van der Waals surface area contributed by atoms with Gasteiger partial charge in [-0.25, -0.2) is 4.98 Å². The van der Waals surface area contributed by atoms with E-state index < -0.39 is 0 Å². The summed E-state index contributed by atoms with van der Waals surface area (Å²) in [6, 6.07) is 11.0. The summed E-state index contributed by atoms with van der Waals surface area (Å²) in [6.07, 6.45) is 5.15. The molecule has 1 amide bonds. The number of para-hydroxylation sites is 1. The van der Waals surface area contributed by atoms with Crippen molar-refractivity contribution in [2.24, 2.45) is 5.92 Å². The fourth-order valence-corrected chi connectivity index (χ4v) is 3.57. The van der Waals surface area contributed by atoms with Crippen LogP contribution in [0.5, 0.6) is 0 Å². The van der Waals surface area contributed by atoms with E-state index in [1.54, 1.807) is 12.1 Å². The molecule has 3 rings (SSSR count). The van der Waals surface area contributed by atoms with Gasteiger partial charge in [0.25, 0.3) is 5.91 Å². The van der Waals surface area contributed by atoms with Gasteiger partial charge in [0.05, 0.1) is 10.6 Å². The number of anilines is 2. The zero-order chi connectivity index (χ0) is 19.1. The highest BCUT2D eigenvalue weighted by atomic mass is 35.5. The minimum Gasteiger partial charge on any atom is -0.384 e. The lowest BCUT2D eigenvalue weighted by atomic mass is 9.96. The molecule has 0 bridgehead atoms. The lowest BCUT2D eigenvalue weighted by molar-refractivity contribution is 0.102. The molecule has 0 unspecified atom stereocenters. The second-order valence-corrected chi connectivity index (χ2v) is 7.46. The van der Waals surface area contributed by atoms with Gasteiger partial charge in [-0.1, -0.05) is 30.7 Å². The first-order valence-electron chi connectivity index (χ1n) is 9.64. The number of rotatable bonds is 7. The number of hydrogen-bond acceptors (Lipinski definition) is 4. The van der Waals surface area contributed by atoms with Gasteiger partial charge in [-0.2, -0.15) is 0 Å². The first kappa shape index (κ1) is 19.6. The lowest BCUT2D eigenvalue weighted by Crippen LogP contribution is -2.36. The molecule has 144 valence electrons. The van der Waals surface area contributed by atoms with Gasteiger partial charge in [0.15, 0.2) is 0 Å². The Morgan fingerprint density at radius 1 is 1.22 bits per heavy atom. The summed E-state index contributed by atoms with van der Waals surface area (Å²) in [5.41, 5.74) is 1.48. The number of pyridine rings is 1. The Morgan fingerprint density at radius 3 is 2.70 bits per heavy atom. The molecule has 2 aromatic rings. The standard InChI is InChI=1S/C21H27ClN4O/c1-2-11-26-12-9-16(10-13-26)14-23-19-6-4-3-5-18(19)21(27)25-20-8-7-17(22)15-24-20/h3-8,15-16,23H,2,9-14H2,1H3,(H,24,25,27). The van der Waals surface area contributed by atoms with Crippen molar-refractivity contribution in [1.82, 2.24) is 9.88 Å². The van der Waals surface area contributed by atoms with E-state index in [0.29, 0.717) is 22.3 Å². The zero-order valence-corrected chi connectivity index (χ0v) is 16.5. The number of amides is 1. The Labute approximate surface area is 166 Å². The van der Waals surface area contributed by atoms with E-state index in [-0.39, 0.29) is 5.91 Å². The number of piperidine rings is 1. The summed E-state index contributed by atoms with van der Waals surface area (Å²) in [4.78, 5) is 19.3. The summed E-state index contributed by atoms with van der Waals surface area (Å²) in [7, 11) is 0. The summed E-state index contributed by atoms with van der Waals surface area (Å²) in [5, 5.41) is 6.85. The molecule has 1 aromatic carbocycles. The van der Waals surface area contributed by atoms with Crippen LogP contribution in [-0.4, -0.2) is 42.0 Å². The molecule has 0 saturated carbocycles. The van der Waals surface area contributed by atoms with Crippen molar-refractivity contribution in [3.8, 4) is 0 Å². The first-order valence-corrected chi connectivity index (χ1v) is 10.0. The van der Waals surface area contributed by atoms with Crippen LogP contribution in [0.2, 0.25) is 5.02 Å². The molecule has 5 nitrogen and oxygen atoms in total. The number of hydrogen-bond donors (Lipinski definition) is 2. The minimum atomic E-state index is -0.175. The molecule has 2 heterocycles. The van der Waals surface area contributed by atoms with Crippen LogP contribution in [0.1, 0.15) is 36.5 Å². The predicted octanol–water partition coefficient (Wildman–Crippen LogP) is 4.52. The van der Waals surface area contributed by atoms with Gasteiger partial charge in [0.1, 0.15) is 5.82 Å². The van der Waals surface area contributed by atoms with E-state index in [1.165, 1.54) is 45.1 Å². The number of benzene rings is 1. The summed E-state index contributed by atoms with van der Waals surface area (Å²) >= 11 is 5.84. The molecule has 2 N–H and O–H groups in total. The Balaban J connectivity index is 1.57. The van der Waals surface area contributed by atoms with Crippen LogP contribution in [0.15, 0.2) is 42.6 Å². The van der Waals surface area contributed by atoms with E-state index in [0.717, 1.165) is 12.2 Å². The smallest absolute Gasteiger partial charge is 0.258 e. The Bertz CT molecular complexity index is 742. The molecule has 27 heavy (non-hydrogen) atoms. The van der Waals surface area contributed by atoms with E-state index in [1.807, 2.05) is 24.3 Å². The first-order chi connectivity index (χ1) is 13.2. The van der Waals surface area contributed by atoms with Gasteiger partial charge in [0.2, 0.25) is 0 Å². The van der Waals surface area contributed by atoms with Crippen LogP contribution in [0.4, 0.5) is 11.5 Å². The highest BCUT2D eigenvalue weighted by Gasteiger charge is 2.19. The normalized spacial score (nSPS) is 15.5. The van der Waals surface area contributed by atoms with Crippen LogP contribution in [0.3, 0.4) is 0 Å². The van der Waals surface area contributed by atoms with Gasteiger partial charge < -0.3 is 15.5 Å². The number of carbonyl (C=O) groups excluding carboxylic acids is 1. The van der Waals surface area contributed by atoms with Gasteiger partial charge in [-0.05, 0) is 69.1 Å². The number of carbonyl (C=O) groups is 1. The predicted molar refractivity (Wildman–Crippen MR) is 112 cm³/mol. The molecule has 1 aromatic heterocycles. The summed E-state index contributed by atoms with van der Waals surface area (Å²) in [5.74, 6) is 0.959. The van der Waals surface area contributed by atoms with E-state index in [4.69, 9.17) is 11.6 Å².